The van der Waals surface area contributed by atoms with E-state index in [1.165, 1.54) is 0 Å². The normalized spacial score (nSPS) is 20.6. The van der Waals surface area contributed by atoms with Gasteiger partial charge in [0.15, 0.2) is 0 Å². The van der Waals surface area contributed by atoms with Crippen LogP contribution in [-0.2, 0) is 9.31 Å². The highest BCUT2D eigenvalue weighted by Crippen LogP contribution is 2.37. The summed E-state index contributed by atoms with van der Waals surface area (Å²) in [7, 11) is 1.46. The van der Waals surface area contributed by atoms with Gasteiger partial charge in [0, 0.05) is 18.8 Å². The molecule has 1 saturated heterocycles. The van der Waals surface area contributed by atoms with Gasteiger partial charge >= 0.3 is 7.12 Å². The zero-order valence-corrected chi connectivity index (χ0v) is 12.7. The van der Waals surface area contributed by atoms with Gasteiger partial charge in [-0.25, -0.2) is 0 Å². The third-order valence-electron chi connectivity index (χ3n) is 3.96. The van der Waals surface area contributed by atoms with Crippen LogP contribution in [0, 0.1) is 0 Å². The van der Waals surface area contributed by atoms with Crippen LogP contribution in [0.3, 0.4) is 0 Å². The molecule has 1 aromatic rings. The van der Waals surface area contributed by atoms with Crippen molar-refractivity contribution >= 4 is 24.6 Å². The van der Waals surface area contributed by atoms with E-state index in [2.05, 4.69) is 10.3 Å². The number of hydrogen-bond donors (Lipinski definition) is 2. The highest BCUT2D eigenvalue weighted by molar-refractivity contribution is 6.52. The number of anilines is 2. The molecule has 0 aliphatic carbocycles. The first kappa shape index (κ1) is 14.9. The lowest BCUT2D eigenvalue weighted by molar-refractivity contribution is 0.00578. The van der Waals surface area contributed by atoms with E-state index in [1.807, 2.05) is 46.8 Å². The van der Waals surface area contributed by atoms with E-state index in [1.54, 1.807) is 12.4 Å². The molecule has 0 atom stereocenters. The molecule has 1 aliphatic rings. The van der Waals surface area contributed by atoms with Crippen molar-refractivity contribution in [1.82, 2.24) is 4.98 Å². The van der Waals surface area contributed by atoms with Crippen LogP contribution in [0.25, 0.3) is 6.08 Å². The Morgan fingerprint density at radius 1 is 1.20 bits per heavy atom. The lowest BCUT2D eigenvalue weighted by atomic mass is 9.89. The molecule has 1 aromatic heterocycles. The highest BCUT2D eigenvalue weighted by Gasteiger charge is 2.49. The van der Waals surface area contributed by atoms with E-state index in [9.17, 15) is 0 Å². The Morgan fingerprint density at radius 2 is 1.80 bits per heavy atom. The van der Waals surface area contributed by atoms with Crippen molar-refractivity contribution < 1.29 is 9.31 Å². The minimum Gasteiger partial charge on any atom is -0.400 e. The Kier molecular flexibility index (Phi) is 3.80. The molecule has 0 saturated carbocycles. The van der Waals surface area contributed by atoms with Crippen LogP contribution in [0.1, 0.15) is 33.3 Å². The Bertz CT molecular complexity index is 513. The molecule has 1 fully saturated rings. The Labute approximate surface area is 120 Å². The molecule has 5 nitrogen and oxygen atoms in total. The van der Waals surface area contributed by atoms with E-state index in [0.29, 0.717) is 5.69 Å². The van der Waals surface area contributed by atoms with E-state index in [4.69, 9.17) is 15.0 Å². The molecular formula is C14H22BN3O2. The predicted molar refractivity (Wildman–Crippen MR) is 83.3 cm³/mol. The fourth-order valence-corrected chi connectivity index (χ4v) is 2.06. The van der Waals surface area contributed by atoms with Crippen LogP contribution >= 0.6 is 0 Å². The minimum atomic E-state index is -0.369. The molecule has 2 heterocycles. The van der Waals surface area contributed by atoms with Gasteiger partial charge in [0.1, 0.15) is 0 Å². The van der Waals surface area contributed by atoms with Crippen LogP contribution < -0.4 is 11.1 Å². The molecule has 6 heteroatoms. The second-order valence-electron chi connectivity index (χ2n) is 5.93. The monoisotopic (exact) mass is 275 g/mol. The van der Waals surface area contributed by atoms with Crippen LogP contribution in [0.2, 0.25) is 0 Å². The van der Waals surface area contributed by atoms with Crippen molar-refractivity contribution in [3.8, 4) is 0 Å². The average Bonchev–Trinajstić information content (AvgIpc) is 2.55. The maximum Gasteiger partial charge on any atom is 0.487 e. The molecule has 2 rings (SSSR count). The van der Waals surface area contributed by atoms with Crippen molar-refractivity contribution in [2.75, 3.05) is 18.1 Å². The van der Waals surface area contributed by atoms with Gasteiger partial charge in [-0.1, -0.05) is 12.1 Å². The van der Waals surface area contributed by atoms with E-state index in [0.717, 1.165) is 11.3 Å². The Hall–Kier alpha value is -1.53. The summed E-state index contributed by atoms with van der Waals surface area (Å²) in [6.07, 6.45) is 5.29. The summed E-state index contributed by atoms with van der Waals surface area (Å²) >= 11 is 0. The quantitative estimate of drug-likeness (QED) is 0.829. The van der Waals surface area contributed by atoms with Crippen molar-refractivity contribution in [3.63, 3.8) is 0 Å². The van der Waals surface area contributed by atoms with Crippen LogP contribution in [0.5, 0.6) is 0 Å². The molecule has 0 unspecified atom stereocenters. The molecule has 0 bridgehead atoms. The summed E-state index contributed by atoms with van der Waals surface area (Å²) in [4.78, 5) is 4.10. The highest BCUT2D eigenvalue weighted by atomic mass is 16.7. The van der Waals surface area contributed by atoms with Crippen LogP contribution in [0.15, 0.2) is 18.4 Å². The van der Waals surface area contributed by atoms with Gasteiger partial charge in [0.2, 0.25) is 0 Å². The van der Waals surface area contributed by atoms with E-state index in [-0.39, 0.29) is 18.3 Å². The summed E-state index contributed by atoms with van der Waals surface area (Å²) in [5.74, 6) is 1.88. The molecule has 108 valence electrons. The molecule has 0 aromatic carbocycles. The molecule has 0 amide bonds. The number of aromatic nitrogens is 1. The van der Waals surface area contributed by atoms with Crippen molar-refractivity contribution in [1.29, 1.82) is 0 Å². The number of nitrogens with zero attached hydrogens (tertiary/aromatic N) is 1. The first-order chi connectivity index (χ1) is 9.27. The van der Waals surface area contributed by atoms with Crippen molar-refractivity contribution in [2.45, 2.75) is 38.9 Å². The molecule has 0 radical (unpaired) electrons. The van der Waals surface area contributed by atoms with Gasteiger partial charge in [0.05, 0.1) is 28.8 Å². The van der Waals surface area contributed by atoms with Crippen molar-refractivity contribution in [3.05, 3.63) is 23.9 Å². The van der Waals surface area contributed by atoms with Gasteiger partial charge in [-0.3, -0.25) is 4.98 Å². The first-order valence-electron chi connectivity index (χ1n) is 6.72. The summed E-state index contributed by atoms with van der Waals surface area (Å²) in [5.41, 5.74) is 7.59. The van der Waals surface area contributed by atoms with Crippen LogP contribution in [-0.4, -0.2) is 30.4 Å². The largest absolute Gasteiger partial charge is 0.487 e. The Balaban J connectivity index is 2.18. The van der Waals surface area contributed by atoms with Gasteiger partial charge in [-0.2, -0.15) is 0 Å². The maximum absolute atomic E-state index is 5.91. The van der Waals surface area contributed by atoms with Crippen molar-refractivity contribution in [2.24, 2.45) is 0 Å². The lowest BCUT2D eigenvalue weighted by Crippen LogP contribution is -2.41. The number of rotatable bonds is 3. The van der Waals surface area contributed by atoms with E-state index >= 15 is 0 Å². The van der Waals surface area contributed by atoms with Gasteiger partial charge in [0.25, 0.3) is 0 Å². The number of nitrogens with one attached hydrogen (secondary N) is 1. The topological polar surface area (TPSA) is 69.4 Å². The maximum atomic E-state index is 5.91. The molecule has 20 heavy (non-hydrogen) atoms. The van der Waals surface area contributed by atoms with Gasteiger partial charge < -0.3 is 20.4 Å². The standard InChI is InChI=1S/C14H22BN3O2/c1-13(2)14(3,4)20-15(19-13)7-6-10-8-18-9-11(16)12(10)17-5/h6-9H,16H2,1-5H3,(H,17,18)/b7-6+. The molecular weight excluding hydrogens is 253 g/mol. The van der Waals surface area contributed by atoms with Crippen LogP contribution in [0.4, 0.5) is 11.4 Å². The smallest absolute Gasteiger partial charge is 0.400 e. The average molecular weight is 275 g/mol. The SMILES string of the molecule is CNc1c(N)cncc1/C=C/B1OC(C)(C)C(C)(C)O1. The fourth-order valence-electron chi connectivity index (χ4n) is 2.06. The number of pyridine rings is 1. The second kappa shape index (κ2) is 5.11. The third-order valence-corrected chi connectivity index (χ3v) is 3.96. The van der Waals surface area contributed by atoms with Gasteiger partial charge in [-0.05, 0) is 27.7 Å². The summed E-state index contributed by atoms with van der Waals surface area (Å²) in [6, 6.07) is 0. The molecule has 1 aliphatic heterocycles. The number of nitrogens with two attached hydrogens (primary N) is 1. The number of hydrogen-bond acceptors (Lipinski definition) is 5. The zero-order valence-electron chi connectivity index (χ0n) is 12.7. The molecule has 3 N–H and O–H groups in total. The third kappa shape index (κ3) is 2.67. The van der Waals surface area contributed by atoms with Gasteiger partial charge in [-0.15, -0.1) is 0 Å². The fraction of sp³-hybridized carbons (Fsp3) is 0.500. The summed E-state index contributed by atoms with van der Waals surface area (Å²) in [5, 5.41) is 3.07. The summed E-state index contributed by atoms with van der Waals surface area (Å²) < 4.78 is 11.8. The predicted octanol–water partition coefficient (Wildman–Crippen LogP) is 2.35. The molecule has 0 spiro atoms. The zero-order chi connectivity index (χ0) is 15.0. The van der Waals surface area contributed by atoms with E-state index < -0.39 is 0 Å². The second-order valence-corrected chi connectivity index (χ2v) is 5.93. The summed E-state index contributed by atoms with van der Waals surface area (Å²) in [6.45, 7) is 8.12. The minimum absolute atomic E-state index is 0.332. The number of nitrogen functional groups attached to an aromatic ring is 1. The lowest BCUT2D eigenvalue weighted by Gasteiger charge is -2.32. The Morgan fingerprint density at radius 3 is 2.35 bits per heavy atom. The first-order valence-corrected chi connectivity index (χ1v) is 6.72.